The lowest BCUT2D eigenvalue weighted by Gasteiger charge is -2.32. The summed E-state index contributed by atoms with van der Waals surface area (Å²) in [5.41, 5.74) is -0.298. The lowest BCUT2D eigenvalue weighted by atomic mass is 9.93. The highest BCUT2D eigenvalue weighted by Crippen LogP contribution is 2.27. The van der Waals surface area contributed by atoms with E-state index >= 15 is 0 Å². The van der Waals surface area contributed by atoms with Crippen molar-refractivity contribution in [2.75, 3.05) is 13.1 Å². The van der Waals surface area contributed by atoms with Crippen molar-refractivity contribution < 1.29 is 19.6 Å². The van der Waals surface area contributed by atoms with E-state index in [4.69, 9.17) is 16.7 Å². The molecule has 0 radical (unpaired) electrons. The average Bonchev–Trinajstić information content (AvgIpc) is 2.52. The summed E-state index contributed by atoms with van der Waals surface area (Å²) in [5.74, 6) is -1.19. The predicted molar refractivity (Wildman–Crippen MR) is 83.6 cm³/mol. The van der Waals surface area contributed by atoms with Gasteiger partial charge in [0.1, 0.15) is 5.56 Å². The van der Waals surface area contributed by atoms with E-state index in [2.05, 4.69) is 0 Å². The summed E-state index contributed by atoms with van der Waals surface area (Å²) >= 11 is 5.86. The first-order chi connectivity index (χ1) is 10.9. The molecule has 1 aliphatic rings. The summed E-state index contributed by atoms with van der Waals surface area (Å²) in [4.78, 5) is 35.3. The van der Waals surface area contributed by atoms with Gasteiger partial charge in [0.15, 0.2) is 0 Å². The summed E-state index contributed by atoms with van der Waals surface area (Å²) in [6.45, 7) is 0.919. The number of carbonyl (C=O) groups excluding carboxylic acids is 1. The third-order valence-corrected chi connectivity index (χ3v) is 4.19. The number of likely N-dealkylation sites (tertiary alicyclic amines) is 1. The van der Waals surface area contributed by atoms with Gasteiger partial charge in [-0.1, -0.05) is 11.6 Å². The number of nitrogens with zero attached hydrogens (tertiary/aromatic N) is 2. The first-order valence-corrected chi connectivity index (χ1v) is 7.71. The maximum Gasteiger partial charge on any atom is 0.303 e. The number of rotatable bonds is 5. The van der Waals surface area contributed by atoms with E-state index in [1.165, 1.54) is 18.2 Å². The zero-order chi connectivity index (χ0) is 17.0. The molecule has 0 spiro atoms. The maximum absolute atomic E-state index is 12.6. The molecule has 1 amide bonds. The molecule has 0 aliphatic carbocycles. The third-order valence-electron chi connectivity index (χ3n) is 3.96. The topological polar surface area (TPSA) is 101 Å². The Morgan fingerprint density at radius 2 is 2.17 bits per heavy atom. The number of carboxylic acid groups (broad SMARTS) is 1. The third kappa shape index (κ3) is 4.41. The lowest BCUT2D eigenvalue weighted by molar-refractivity contribution is -0.385. The molecule has 1 atom stereocenters. The van der Waals surface area contributed by atoms with Gasteiger partial charge in [0, 0.05) is 30.6 Å². The number of halogens is 1. The second-order valence-corrected chi connectivity index (χ2v) is 6.05. The Balaban J connectivity index is 2.15. The molecule has 124 valence electrons. The van der Waals surface area contributed by atoms with Gasteiger partial charge in [0.05, 0.1) is 4.92 Å². The molecule has 1 aliphatic heterocycles. The Morgan fingerprint density at radius 1 is 1.43 bits per heavy atom. The van der Waals surface area contributed by atoms with Crippen molar-refractivity contribution in [1.82, 2.24) is 4.90 Å². The van der Waals surface area contributed by atoms with Crippen LogP contribution in [-0.2, 0) is 4.79 Å². The normalized spacial score (nSPS) is 17.8. The van der Waals surface area contributed by atoms with Crippen LogP contribution in [0.25, 0.3) is 0 Å². The summed E-state index contributed by atoms with van der Waals surface area (Å²) < 4.78 is 0. The van der Waals surface area contributed by atoms with Crippen LogP contribution in [0, 0.1) is 16.0 Å². The number of amides is 1. The molecule has 1 aromatic rings. The number of carboxylic acids is 1. The quantitative estimate of drug-likeness (QED) is 0.656. The van der Waals surface area contributed by atoms with Gasteiger partial charge in [-0.25, -0.2) is 0 Å². The Morgan fingerprint density at radius 3 is 2.83 bits per heavy atom. The molecule has 1 saturated heterocycles. The standard InChI is InChI=1S/C15H17ClN2O5/c16-11-4-5-13(18(22)23)12(8-11)15(21)17-7-1-2-10(9-17)3-6-14(19)20/h4-5,8,10H,1-3,6-7,9H2,(H,19,20). The number of hydrogen-bond donors (Lipinski definition) is 1. The molecular weight excluding hydrogens is 324 g/mol. The summed E-state index contributed by atoms with van der Waals surface area (Å²) in [7, 11) is 0. The second-order valence-electron chi connectivity index (χ2n) is 5.61. The van der Waals surface area contributed by atoms with Crippen LogP contribution in [0.3, 0.4) is 0 Å². The predicted octanol–water partition coefficient (Wildman–Crippen LogP) is 2.97. The molecule has 1 N–H and O–H groups in total. The van der Waals surface area contributed by atoms with Gasteiger partial charge in [-0.05, 0) is 37.3 Å². The Labute approximate surface area is 138 Å². The molecule has 7 nitrogen and oxygen atoms in total. The summed E-state index contributed by atoms with van der Waals surface area (Å²) in [5, 5.41) is 20.1. The number of hydrogen-bond acceptors (Lipinski definition) is 4. The molecule has 0 saturated carbocycles. The van der Waals surface area contributed by atoms with Crippen molar-refractivity contribution in [2.45, 2.75) is 25.7 Å². The van der Waals surface area contributed by atoms with Crippen LogP contribution in [0.2, 0.25) is 5.02 Å². The van der Waals surface area contributed by atoms with Crippen molar-refractivity contribution >= 4 is 29.2 Å². The Hall–Kier alpha value is -2.15. The molecule has 1 unspecified atom stereocenters. The Kier molecular flexibility index (Phi) is 5.54. The van der Waals surface area contributed by atoms with Crippen LogP contribution >= 0.6 is 11.6 Å². The SMILES string of the molecule is O=C(O)CCC1CCCN(C(=O)c2cc(Cl)ccc2[N+](=O)[O-])C1. The number of aliphatic carboxylic acids is 1. The zero-order valence-corrected chi connectivity index (χ0v) is 13.2. The van der Waals surface area contributed by atoms with E-state index < -0.39 is 16.8 Å². The number of carbonyl (C=O) groups is 2. The molecule has 1 heterocycles. The largest absolute Gasteiger partial charge is 0.481 e. The van der Waals surface area contributed by atoms with Gasteiger partial charge in [-0.15, -0.1) is 0 Å². The van der Waals surface area contributed by atoms with Crippen LogP contribution in [-0.4, -0.2) is 39.9 Å². The van der Waals surface area contributed by atoms with Gasteiger partial charge in [0.25, 0.3) is 11.6 Å². The highest BCUT2D eigenvalue weighted by molar-refractivity contribution is 6.31. The summed E-state index contributed by atoms with van der Waals surface area (Å²) in [6, 6.07) is 3.91. The molecule has 1 aromatic carbocycles. The van der Waals surface area contributed by atoms with E-state index in [1.54, 1.807) is 4.90 Å². The van der Waals surface area contributed by atoms with Crippen LogP contribution in [0.4, 0.5) is 5.69 Å². The first-order valence-electron chi connectivity index (χ1n) is 7.33. The first kappa shape index (κ1) is 17.2. The smallest absolute Gasteiger partial charge is 0.303 e. The number of nitro groups is 1. The van der Waals surface area contributed by atoms with Crippen LogP contribution in [0.1, 0.15) is 36.0 Å². The molecular formula is C15H17ClN2O5. The zero-order valence-electron chi connectivity index (χ0n) is 12.4. The van der Waals surface area contributed by atoms with Crippen molar-refractivity contribution in [3.05, 3.63) is 38.9 Å². The van der Waals surface area contributed by atoms with Gasteiger partial charge in [-0.3, -0.25) is 19.7 Å². The fourth-order valence-corrected chi connectivity index (χ4v) is 2.99. The highest BCUT2D eigenvalue weighted by Gasteiger charge is 2.29. The highest BCUT2D eigenvalue weighted by atomic mass is 35.5. The molecule has 8 heteroatoms. The van der Waals surface area contributed by atoms with Crippen LogP contribution in [0.5, 0.6) is 0 Å². The van der Waals surface area contributed by atoms with Gasteiger partial charge < -0.3 is 10.0 Å². The van der Waals surface area contributed by atoms with Crippen molar-refractivity contribution in [2.24, 2.45) is 5.92 Å². The Bertz CT molecular complexity index is 634. The second kappa shape index (κ2) is 7.41. The average molecular weight is 341 g/mol. The van der Waals surface area contributed by atoms with Crippen molar-refractivity contribution in [1.29, 1.82) is 0 Å². The monoisotopic (exact) mass is 340 g/mol. The van der Waals surface area contributed by atoms with Gasteiger partial charge >= 0.3 is 5.97 Å². The van der Waals surface area contributed by atoms with Crippen LogP contribution < -0.4 is 0 Å². The maximum atomic E-state index is 12.6. The van der Waals surface area contributed by atoms with E-state index in [-0.39, 0.29) is 28.6 Å². The number of nitro benzene ring substituents is 1. The molecule has 0 bridgehead atoms. The minimum absolute atomic E-state index is 0.0265. The lowest BCUT2D eigenvalue weighted by Crippen LogP contribution is -2.40. The van der Waals surface area contributed by atoms with E-state index in [1.807, 2.05) is 0 Å². The van der Waals surface area contributed by atoms with Gasteiger partial charge in [-0.2, -0.15) is 0 Å². The van der Waals surface area contributed by atoms with Crippen LogP contribution in [0.15, 0.2) is 18.2 Å². The number of piperidine rings is 1. The fourth-order valence-electron chi connectivity index (χ4n) is 2.82. The van der Waals surface area contributed by atoms with E-state index in [0.29, 0.717) is 19.5 Å². The minimum Gasteiger partial charge on any atom is -0.481 e. The van der Waals surface area contributed by atoms with E-state index in [0.717, 1.165) is 12.8 Å². The molecule has 1 fully saturated rings. The minimum atomic E-state index is -0.862. The van der Waals surface area contributed by atoms with Crippen molar-refractivity contribution in [3.63, 3.8) is 0 Å². The molecule has 23 heavy (non-hydrogen) atoms. The fraction of sp³-hybridized carbons (Fsp3) is 0.467. The molecule has 2 rings (SSSR count). The summed E-state index contributed by atoms with van der Waals surface area (Å²) in [6.07, 6.45) is 2.17. The van der Waals surface area contributed by atoms with E-state index in [9.17, 15) is 19.7 Å². The van der Waals surface area contributed by atoms with Crippen molar-refractivity contribution in [3.8, 4) is 0 Å². The number of benzene rings is 1. The molecule has 0 aromatic heterocycles. The van der Waals surface area contributed by atoms with Gasteiger partial charge in [0.2, 0.25) is 0 Å².